The van der Waals surface area contributed by atoms with E-state index in [0.29, 0.717) is 5.89 Å². The lowest BCUT2D eigenvalue weighted by Gasteiger charge is -2.16. The van der Waals surface area contributed by atoms with Crippen LogP contribution in [-0.4, -0.2) is 19.5 Å². The fraction of sp³-hybridized carbons (Fsp3) is 0. The maximum Gasteiger partial charge on any atom is 0.227 e. The number of oxazole rings is 1. The number of para-hydroxylation sites is 3. The van der Waals surface area contributed by atoms with Gasteiger partial charge in [-0.05, 0) is 54.6 Å². The van der Waals surface area contributed by atoms with E-state index in [-0.39, 0.29) is 0 Å². The van der Waals surface area contributed by atoms with E-state index in [1.54, 1.807) is 6.20 Å². The van der Waals surface area contributed by atoms with E-state index in [4.69, 9.17) is 9.40 Å². The van der Waals surface area contributed by atoms with Crippen molar-refractivity contribution in [1.29, 1.82) is 0 Å². The molecule has 0 N–H and O–H groups in total. The Hall–Kier alpha value is -5.55. The molecule has 0 aliphatic heterocycles. The topological polar surface area (TPSA) is 56.7 Å². The van der Waals surface area contributed by atoms with E-state index < -0.39 is 0 Å². The maximum absolute atomic E-state index is 6.16. The number of hydrogen-bond acceptors (Lipinski definition) is 4. The summed E-state index contributed by atoms with van der Waals surface area (Å²) < 4.78 is 8.49. The van der Waals surface area contributed by atoms with Crippen LogP contribution in [0.2, 0.25) is 0 Å². The van der Waals surface area contributed by atoms with Crippen molar-refractivity contribution in [3.63, 3.8) is 0 Å². The smallest absolute Gasteiger partial charge is 0.227 e. The average molecular weight is 515 g/mol. The lowest BCUT2D eigenvalue weighted by Crippen LogP contribution is -1.99. The number of nitrogens with zero attached hydrogens (tertiary/aromatic N) is 4. The molecule has 0 saturated carbocycles. The van der Waals surface area contributed by atoms with Crippen molar-refractivity contribution >= 4 is 32.9 Å². The van der Waals surface area contributed by atoms with Crippen molar-refractivity contribution in [2.24, 2.45) is 0 Å². The summed E-state index contributed by atoms with van der Waals surface area (Å²) in [6.45, 7) is 0. The number of benzene rings is 4. The van der Waals surface area contributed by atoms with Crippen molar-refractivity contribution in [3.8, 4) is 39.5 Å². The molecule has 0 saturated heterocycles. The van der Waals surface area contributed by atoms with E-state index in [2.05, 4.69) is 81.3 Å². The first kappa shape index (κ1) is 22.4. The molecular formula is C35H22N4O. The fourth-order valence-corrected chi connectivity index (χ4v) is 5.53. The third-order valence-corrected chi connectivity index (χ3v) is 7.39. The van der Waals surface area contributed by atoms with Gasteiger partial charge in [0, 0.05) is 51.6 Å². The molecule has 8 rings (SSSR count). The zero-order valence-corrected chi connectivity index (χ0v) is 21.4. The largest absolute Gasteiger partial charge is 0.436 e. The highest BCUT2D eigenvalue weighted by Crippen LogP contribution is 2.39. The van der Waals surface area contributed by atoms with Crippen LogP contribution in [0.1, 0.15) is 0 Å². The van der Waals surface area contributed by atoms with Crippen molar-refractivity contribution < 1.29 is 4.42 Å². The second kappa shape index (κ2) is 9.03. The molecule has 0 aliphatic carbocycles. The second-order valence-corrected chi connectivity index (χ2v) is 9.76. The van der Waals surface area contributed by atoms with E-state index in [1.807, 2.05) is 60.9 Å². The van der Waals surface area contributed by atoms with Crippen LogP contribution in [0.4, 0.5) is 0 Å². The molecule has 4 heterocycles. The molecule has 0 radical (unpaired) electrons. The van der Waals surface area contributed by atoms with Crippen LogP contribution in [0, 0.1) is 0 Å². The SMILES string of the molecule is c1ccc(-c2ccc(-c3cccnc3)c(-n3c4ccccc4c4ccc(-c5nc6ccccc6o5)cc43)c2)nc1. The van der Waals surface area contributed by atoms with Crippen LogP contribution in [0.15, 0.2) is 138 Å². The molecule has 4 aromatic heterocycles. The predicted octanol–water partition coefficient (Wildman–Crippen LogP) is 8.72. The first-order valence-corrected chi connectivity index (χ1v) is 13.2. The second-order valence-electron chi connectivity index (χ2n) is 9.76. The predicted molar refractivity (Wildman–Crippen MR) is 160 cm³/mol. The highest BCUT2D eigenvalue weighted by Gasteiger charge is 2.18. The van der Waals surface area contributed by atoms with Crippen LogP contribution in [0.25, 0.3) is 72.4 Å². The molecule has 0 unspecified atom stereocenters. The highest BCUT2D eigenvalue weighted by molar-refractivity contribution is 6.10. The van der Waals surface area contributed by atoms with Crippen molar-refractivity contribution in [2.75, 3.05) is 0 Å². The van der Waals surface area contributed by atoms with Gasteiger partial charge in [0.05, 0.1) is 22.4 Å². The van der Waals surface area contributed by atoms with Gasteiger partial charge >= 0.3 is 0 Å². The first-order valence-electron chi connectivity index (χ1n) is 13.2. The standard InChI is InChI=1S/C35H22N4O/c1-3-12-31-27(9-1)28-17-15-24(35-38-30-11-2-4-13-34(30)40-35)21-33(28)39(31)32-20-23(29-10-5-6-19-37-29)14-16-26(32)25-8-7-18-36-22-25/h1-22H. The monoisotopic (exact) mass is 514 g/mol. The number of aromatic nitrogens is 4. The Labute approximate surface area is 230 Å². The molecule has 4 aromatic carbocycles. The van der Waals surface area contributed by atoms with Gasteiger partial charge in [0.25, 0.3) is 0 Å². The van der Waals surface area contributed by atoms with Crippen molar-refractivity contribution in [1.82, 2.24) is 19.5 Å². The van der Waals surface area contributed by atoms with E-state index >= 15 is 0 Å². The molecule has 8 aromatic rings. The summed E-state index contributed by atoms with van der Waals surface area (Å²) >= 11 is 0. The van der Waals surface area contributed by atoms with Crippen LogP contribution in [0.3, 0.4) is 0 Å². The lowest BCUT2D eigenvalue weighted by molar-refractivity contribution is 0.620. The maximum atomic E-state index is 6.16. The molecule has 5 nitrogen and oxygen atoms in total. The molecule has 0 bridgehead atoms. The van der Waals surface area contributed by atoms with Gasteiger partial charge in [-0.1, -0.05) is 60.7 Å². The Kier molecular flexibility index (Phi) is 5.07. The van der Waals surface area contributed by atoms with Crippen LogP contribution in [-0.2, 0) is 0 Å². The van der Waals surface area contributed by atoms with Gasteiger partial charge in [-0.3, -0.25) is 9.97 Å². The van der Waals surface area contributed by atoms with Gasteiger partial charge in [0.2, 0.25) is 5.89 Å². The summed E-state index contributed by atoms with van der Waals surface area (Å²) in [6, 6.07) is 39.4. The van der Waals surface area contributed by atoms with Gasteiger partial charge in [-0.2, -0.15) is 0 Å². The van der Waals surface area contributed by atoms with Gasteiger partial charge in [0.15, 0.2) is 5.58 Å². The minimum atomic E-state index is 0.606. The van der Waals surface area contributed by atoms with Crippen LogP contribution >= 0.6 is 0 Å². The highest BCUT2D eigenvalue weighted by atomic mass is 16.3. The van der Waals surface area contributed by atoms with Crippen molar-refractivity contribution in [2.45, 2.75) is 0 Å². The summed E-state index contributed by atoms with van der Waals surface area (Å²) in [4.78, 5) is 13.8. The molecule has 0 aliphatic rings. The van der Waals surface area contributed by atoms with E-state index in [9.17, 15) is 0 Å². The third kappa shape index (κ3) is 3.60. The summed E-state index contributed by atoms with van der Waals surface area (Å²) in [6.07, 6.45) is 5.55. The molecule has 0 amide bonds. The summed E-state index contributed by atoms with van der Waals surface area (Å²) in [5, 5.41) is 2.35. The van der Waals surface area contributed by atoms with E-state index in [0.717, 1.165) is 61.2 Å². The summed E-state index contributed by atoms with van der Waals surface area (Å²) in [7, 11) is 0. The Morgan fingerprint density at radius 3 is 2.33 bits per heavy atom. The quantitative estimate of drug-likeness (QED) is 0.236. The zero-order chi connectivity index (χ0) is 26.5. The van der Waals surface area contributed by atoms with E-state index in [1.165, 1.54) is 5.39 Å². The minimum Gasteiger partial charge on any atom is -0.436 e. The Bertz CT molecular complexity index is 2130. The van der Waals surface area contributed by atoms with Gasteiger partial charge < -0.3 is 8.98 Å². The number of hydrogen-bond donors (Lipinski definition) is 0. The van der Waals surface area contributed by atoms with Crippen LogP contribution < -0.4 is 0 Å². The van der Waals surface area contributed by atoms with Gasteiger partial charge in [-0.25, -0.2) is 4.98 Å². The molecule has 0 fully saturated rings. The fourth-order valence-electron chi connectivity index (χ4n) is 5.53. The minimum absolute atomic E-state index is 0.606. The van der Waals surface area contributed by atoms with Crippen molar-refractivity contribution in [3.05, 3.63) is 134 Å². The number of rotatable bonds is 4. The molecule has 0 spiro atoms. The molecule has 5 heteroatoms. The summed E-state index contributed by atoms with van der Waals surface area (Å²) in [5.41, 5.74) is 9.90. The number of pyridine rings is 2. The third-order valence-electron chi connectivity index (χ3n) is 7.39. The Morgan fingerprint density at radius 2 is 1.45 bits per heavy atom. The lowest BCUT2D eigenvalue weighted by atomic mass is 10.0. The van der Waals surface area contributed by atoms with Gasteiger partial charge in [-0.15, -0.1) is 0 Å². The average Bonchev–Trinajstić information content (AvgIpc) is 3.61. The Morgan fingerprint density at radius 1 is 0.600 bits per heavy atom. The van der Waals surface area contributed by atoms with Gasteiger partial charge in [0.1, 0.15) is 5.52 Å². The van der Waals surface area contributed by atoms with Crippen LogP contribution in [0.5, 0.6) is 0 Å². The normalized spacial score (nSPS) is 11.5. The molecular weight excluding hydrogens is 492 g/mol. The molecule has 40 heavy (non-hydrogen) atoms. The Balaban J connectivity index is 1.44. The first-order chi connectivity index (χ1) is 19.8. The zero-order valence-electron chi connectivity index (χ0n) is 21.4. The molecule has 0 atom stereocenters. The summed E-state index contributed by atoms with van der Waals surface area (Å²) in [5.74, 6) is 0.606. The number of fused-ring (bicyclic) bond motifs is 4. The molecule has 188 valence electrons.